The molecule has 0 saturated carbocycles. The van der Waals surface area contributed by atoms with Gasteiger partial charge < -0.3 is 4.74 Å². The minimum absolute atomic E-state index is 0.0972. The zero-order valence-corrected chi connectivity index (χ0v) is 16.3. The van der Waals surface area contributed by atoms with Crippen LogP contribution in [-0.2, 0) is 22.4 Å². The van der Waals surface area contributed by atoms with Gasteiger partial charge in [-0.25, -0.2) is 0 Å². The minimum Gasteiger partial charge on any atom is -0.457 e. The molecule has 4 rings (SSSR count). The zero-order chi connectivity index (χ0) is 20.1. The molecule has 0 unspecified atom stereocenters. The van der Waals surface area contributed by atoms with Gasteiger partial charge in [0.2, 0.25) is 0 Å². The summed E-state index contributed by atoms with van der Waals surface area (Å²) >= 11 is 0. The van der Waals surface area contributed by atoms with Gasteiger partial charge >= 0.3 is 5.97 Å². The predicted molar refractivity (Wildman–Crippen MR) is 113 cm³/mol. The average molecular weight is 384 g/mol. The highest BCUT2D eigenvalue weighted by Crippen LogP contribution is 2.28. The van der Waals surface area contributed by atoms with Crippen LogP contribution < -0.4 is 0 Å². The number of carbonyl (C=O) groups excluding carboxylic acids is 2. The molecule has 0 atom stereocenters. The Morgan fingerprint density at radius 2 is 1.41 bits per heavy atom. The Morgan fingerprint density at radius 1 is 0.793 bits per heavy atom. The smallest absolute Gasteiger partial charge is 0.307 e. The van der Waals surface area contributed by atoms with Crippen molar-refractivity contribution in [1.82, 2.24) is 0 Å². The quantitative estimate of drug-likeness (QED) is 0.419. The van der Waals surface area contributed by atoms with E-state index in [9.17, 15) is 9.59 Å². The number of esters is 1. The van der Waals surface area contributed by atoms with Crippen molar-refractivity contribution in [3.63, 3.8) is 0 Å². The molecule has 1 aliphatic rings. The second kappa shape index (κ2) is 8.87. The molecule has 0 heterocycles. The molecule has 0 fully saturated rings. The van der Waals surface area contributed by atoms with Crippen LogP contribution >= 0.6 is 0 Å². The zero-order valence-electron chi connectivity index (χ0n) is 16.3. The fraction of sp³-hybridized carbons (Fsp3) is 0.231. The monoisotopic (exact) mass is 384 g/mol. The van der Waals surface area contributed by atoms with Crippen LogP contribution in [0.15, 0.2) is 78.9 Å². The summed E-state index contributed by atoms with van der Waals surface area (Å²) in [6.45, 7) is -0.214. The van der Waals surface area contributed by atoms with Gasteiger partial charge in [-0.1, -0.05) is 72.8 Å². The third kappa shape index (κ3) is 4.62. The topological polar surface area (TPSA) is 43.4 Å². The Bertz CT molecular complexity index is 953. The molecular formula is C26H24O3. The largest absolute Gasteiger partial charge is 0.457 e. The summed E-state index contributed by atoms with van der Waals surface area (Å²) < 4.78 is 5.36. The number of Topliss-reactive ketones (excluding diaryl/α,β-unsaturated/α-hetero) is 1. The van der Waals surface area contributed by atoms with Crippen molar-refractivity contribution in [3.8, 4) is 0 Å². The summed E-state index contributed by atoms with van der Waals surface area (Å²) in [5.74, 6) is -0.610. The molecule has 0 bridgehead atoms. The highest BCUT2D eigenvalue weighted by atomic mass is 16.5. The molecule has 3 heteroatoms. The van der Waals surface area contributed by atoms with Crippen molar-refractivity contribution in [3.05, 3.63) is 107 Å². The SMILES string of the molecule is O=C(CC(c1ccccc1)c1ccccc1)OCC(=O)c1ccc2c(c1)CCC2. The number of fused-ring (bicyclic) bond motifs is 1. The molecule has 0 amide bonds. The van der Waals surface area contributed by atoms with Gasteiger partial charge in [0.05, 0.1) is 6.42 Å². The number of ketones is 1. The first-order valence-electron chi connectivity index (χ1n) is 10.1. The summed E-state index contributed by atoms with van der Waals surface area (Å²) in [6, 6.07) is 25.7. The van der Waals surface area contributed by atoms with Gasteiger partial charge in [0.25, 0.3) is 0 Å². The normalized spacial score (nSPS) is 12.6. The van der Waals surface area contributed by atoms with Crippen molar-refractivity contribution < 1.29 is 14.3 Å². The van der Waals surface area contributed by atoms with Gasteiger partial charge in [-0.15, -0.1) is 0 Å². The maximum atomic E-state index is 12.5. The first-order chi connectivity index (χ1) is 14.2. The van der Waals surface area contributed by atoms with Crippen LogP contribution in [0.3, 0.4) is 0 Å². The summed E-state index contributed by atoms with van der Waals surface area (Å²) in [6.07, 6.45) is 3.44. The van der Waals surface area contributed by atoms with Crippen LogP contribution in [0.25, 0.3) is 0 Å². The fourth-order valence-corrected chi connectivity index (χ4v) is 4.00. The first kappa shape index (κ1) is 19.1. The van der Waals surface area contributed by atoms with Gasteiger partial charge in [-0.3, -0.25) is 9.59 Å². The first-order valence-corrected chi connectivity index (χ1v) is 10.1. The lowest BCUT2D eigenvalue weighted by Crippen LogP contribution is -2.17. The maximum Gasteiger partial charge on any atom is 0.307 e. The lowest BCUT2D eigenvalue weighted by atomic mass is 9.89. The molecule has 3 aromatic rings. The Morgan fingerprint density at radius 3 is 2.07 bits per heavy atom. The number of aryl methyl sites for hydroxylation is 2. The van der Waals surface area contributed by atoms with Crippen LogP contribution in [0.4, 0.5) is 0 Å². The minimum atomic E-state index is -0.364. The van der Waals surface area contributed by atoms with Crippen LogP contribution in [-0.4, -0.2) is 18.4 Å². The van der Waals surface area contributed by atoms with Gasteiger partial charge in [0.15, 0.2) is 12.4 Å². The summed E-state index contributed by atoms with van der Waals surface area (Å²) in [5, 5.41) is 0. The number of ether oxygens (including phenoxy) is 1. The summed E-state index contributed by atoms with van der Waals surface area (Å²) in [7, 11) is 0. The van der Waals surface area contributed by atoms with Crippen LogP contribution in [0.2, 0.25) is 0 Å². The van der Waals surface area contributed by atoms with E-state index in [-0.39, 0.29) is 30.7 Å². The number of benzene rings is 3. The molecule has 0 aliphatic heterocycles. The molecular weight excluding hydrogens is 360 g/mol. The third-order valence-electron chi connectivity index (χ3n) is 5.56. The van der Waals surface area contributed by atoms with Gasteiger partial charge in [0.1, 0.15) is 0 Å². The van der Waals surface area contributed by atoms with Gasteiger partial charge in [-0.2, -0.15) is 0 Å². The lowest BCUT2D eigenvalue weighted by Gasteiger charge is -2.17. The molecule has 3 nitrogen and oxygen atoms in total. The van der Waals surface area contributed by atoms with E-state index in [2.05, 4.69) is 0 Å². The Kier molecular flexibility index (Phi) is 5.85. The van der Waals surface area contributed by atoms with Crippen molar-refractivity contribution in [2.75, 3.05) is 6.61 Å². The van der Waals surface area contributed by atoms with E-state index in [0.29, 0.717) is 5.56 Å². The number of hydrogen-bond acceptors (Lipinski definition) is 3. The van der Waals surface area contributed by atoms with E-state index in [0.717, 1.165) is 30.4 Å². The van der Waals surface area contributed by atoms with E-state index in [1.54, 1.807) is 0 Å². The second-order valence-electron chi connectivity index (χ2n) is 7.50. The molecule has 146 valence electrons. The van der Waals surface area contributed by atoms with Crippen molar-refractivity contribution in [2.45, 2.75) is 31.6 Å². The van der Waals surface area contributed by atoms with Crippen LogP contribution in [0.5, 0.6) is 0 Å². The Balaban J connectivity index is 1.41. The van der Waals surface area contributed by atoms with E-state index in [4.69, 9.17) is 4.74 Å². The molecule has 0 spiro atoms. The summed E-state index contributed by atoms with van der Waals surface area (Å²) in [4.78, 5) is 25.0. The van der Waals surface area contributed by atoms with Crippen molar-refractivity contribution >= 4 is 11.8 Å². The third-order valence-corrected chi connectivity index (χ3v) is 5.56. The molecule has 0 N–H and O–H groups in total. The second-order valence-corrected chi connectivity index (χ2v) is 7.50. The summed E-state index contributed by atoms with van der Waals surface area (Å²) in [5.41, 5.74) is 5.31. The highest BCUT2D eigenvalue weighted by Gasteiger charge is 2.20. The maximum absolute atomic E-state index is 12.5. The van der Waals surface area contributed by atoms with Crippen LogP contribution in [0.1, 0.15) is 51.4 Å². The molecule has 1 aliphatic carbocycles. The van der Waals surface area contributed by atoms with E-state index >= 15 is 0 Å². The molecule has 0 aromatic heterocycles. The number of rotatable bonds is 7. The Hall–Kier alpha value is -3.20. The molecule has 3 aromatic carbocycles. The average Bonchev–Trinajstić information content (AvgIpc) is 3.25. The fourth-order valence-electron chi connectivity index (χ4n) is 4.00. The highest BCUT2D eigenvalue weighted by molar-refractivity contribution is 5.98. The predicted octanol–water partition coefficient (Wildman–Crippen LogP) is 5.12. The lowest BCUT2D eigenvalue weighted by molar-refractivity contribution is -0.142. The molecule has 0 saturated heterocycles. The molecule has 0 radical (unpaired) electrons. The van der Waals surface area contributed by atoms with Crippen molar-refractivity contribution in [1.29, 1.82) is 0 Å². The van der Waals surface area contributed by atoms with Gasteiger partial charge in [0, 0.05) is 11.5 Å². The number of hydrogen-bond donors (Lipinski definition) is 0. The van der Waals surface area contributed by atoms with Gasteiger partial charge in [-0.05, 0) is 47.6 Å². The molecule has 29 heavy (non-hydrogen) atoms. The number of carbonyl (C=O) groups is 2. The Labute approximate surface area is 171 Å². The van der Waals surface area contributed by atoms with Crippen LogP contribution in [0, 0.1) is 0 Å². The van der Waals surface area contributed by atoms with E-state index < -0.39 is 0 Å². The standard InChI is InChI=1S/C26H24O3/c27-25(23-15-14-19-12-7-13-22(19)16-23)18-29-26(28)17-24(20-8-3-1-4-9-20)21-10-5-2-6-11-21/h1-6,8-11,14-16,24H,7,12-13,17-18H2. The van der Waals surface area contributed by atoms with E-state index in [1.165, 1.54) is 11.1 Å². The van der Waals surface area contributed by atoms with Crippen molar-refractivity contribution in [2.24, 2.45) is 0 Å². The van der Waals surface area contributed by atoms with E-state index in [1.807, 2.05) is 78.9 Å².